The zero-order chi connectivity index (χ0) is 15.4. The summed E-state index contributed by atoms with van der Waals surface area (Å²) in [6, 6.07) is 1.93. The van der Waals surface area contributed by atoms with Gasteiger partial charge in [0.25, 0.3) is 0 Å². The first-order chi connectivity index (χ1) is 9.97. The van der Waals surface area contributed by atoms with E-state index in [0.29, 0.717) is 11.4 Å². The fourth-order valence-electron chi connectivity index (χ4n) is 1.50. The molecule has 0 saturated heterocycles. The predicted molar refractivity (Wildman–Crippen MR) is 66.4 cm³/mol. The highest BCUT2D eigenvalue weighted by Crippen LogP contribution is 2.25. The Kier molecular flexibility index (Phi) is 4.27. The summed E-state index contributed by atoms with van der Waals surface area (Å²) in [5, 5.41) is 15.5. The van der Waals surface area contributed by atoms with Crippen LogP contribution in [0.1, 0.15) is 17.0 Å². The maximum absolute atomic E-state index is 13.8. The molecule has 110 valence electrons. The van der Waals surface area contributed by atoms with Gasteiger partial charge in [-0.15, -0.1) is 0 Å². The first-order valence-electron chi connectivity index (χ1n) is 5.78. The lowest BCUT2D eigenvalue weighted by Gasteiger charge is -2.07. The summed E-state index contributed by atoms with van der Waals surface area (Å²) in [4.78, 5) is 10.4. The van der Waals surface area contributed by atoms with E-state index in [0.717, 1.165) is 24.3 Å². The average molecular weight is 296 g/mol. The highest BCUT2D eigenvalue weighted by atomic mass is 19.1. The second-order valence-corrected chi connectivity index (χ2v) is 4.07. The standard InChI is InChI=1S/C13H10F2N2O4/c1-7-11(17-21-16-7)6-20-13-9(14)4-8(5-10(13)15)2-3-12(18)19/h2-5H,6H2,1H3,(H,18,19). The maximum Gasteiger partial charge on any atom is 0.328 e. The van der Waals surface area contributed by atoms with Gasteiger partial charge in [0.15, 0.2) is 17.4 Å². The van der Waals surface area contributed by atoms with Crippen molar-refractivity contribution in [2.75, 3.05) is 0 Å². The van der Waals surface area contributed by atoms with Gasteiger partial charge in [0.05, 0.1) is 0 Å². The van der Waals surface area contributed by atoms with Crippen molar-refractivity contribution in [1.29, 1.82) is 0 Å². The third-order valence-electron chi connectivity index (χ3n) is 2.54. The Morgan fingerprint density at radius 2 is 2.05 bits per heavy atom. The third-order valence-corrected chi connectivity index (χ3v) is 2.54. The number of ether oxygens (including phenoxy) is 1. The van der Waals surface area contributed by atoms with Crippen LogP contribution in [0.15, 0.2) is 22.8 Å². The van der Waals surface area contributed by atoms with Crippen LogP contribution in [0.5, 0.6) is 5.75 Å². The smallest absolute Gasteiger partial charge is 0.328 e. The van der Waals surface area contributed by atoms with Crippen LogP contribution in [0.3, 0.4) is 0 Å². The lowest BCUT2D eigenvalue weighted by molar-refractivity contribution is -0.131. The van der Waals surface area contributed by atoms with Gasteiger partial charge in [0.2, 0.25) is 0 Å². The summed E-state index contributed by atoms with van der Waals surface area (Å²) in [7, 11) is 0. The topological polar surface area (TPSA) is 85.5 Å². The Balaban J connectivity index is 2.17. The van der Waals surface area contributed by atoms with Crippen molar-refractivity contribution >= 4 is 12.0 Å². The van der Waals surface area contributed by atoms with E-state index in [-0.39, 0.29) is 12.2 Å². The number of aryl methyl sites for hydroxylation is 1. The SMILES string of the molecule is Cc1nonc1COc1c(F)cc(C=CC(=O)O)cc1F. The summed E-state index contributed by atoms with van der Waals surface area (Å²) in [5.41, 5.74) is 0.847. The van der Waals surface area contributed by atoms with Gasteiger partial charge in [-0.05, 0) is 30.7 Å². The predicted octanol–water partition coefficient (Wildman–Crippen LogP) is 2.33. The number of halogens is 2. The van der Waals surface area contributed by atoms with Crippen LogP contribution in [0, 0.1) is 18.6 Å². The molecule has 0 unspecified atom stereocenters. The fourth-order valence-corrected chi connectivity index (χ4v) is 1.50. The Morgan fingerprint density at radius 1 is 1.38 bits per heavy atom. The minimum Gasteiger partial charge on any atom is -0.481 e. The van der Waals surface area contributed by atoms with Gasteiger partial charge in [0.1, 0.15) is 18.0 Å². The molecular formula is C13H10F2N2O4. The highest BCUT2D eigenvalue weighted by molar-refractivity contribution is 5.85. The molecule has 0 aliphatic carbocycles. The van der Waals surface area contributed by atoms with Gasteiger partial charge in [0, 0.05) is 6.08 Å². The minimum absolute atomic E-state index is 0.0685. The first-order valence-corrected chi connectivity index (χ1v) is 5.78. The number of hydrogen-bond donors (Lipinski definition) is 1. The number of carboxylic acid groups (broad SMARTS) is 1. The van der Waals surface area contributed by atoms with Crippen LogP contribution >= 0.6 is 0 Å². The monoisotopic (exact) mass is 296 g/mol. The van der Waals surface area contributed by atoms with Crippen molar-refractivity contribution in [3.63, 3.8) is 0 Å². The molecule has 8 heteroatoms. The summed E-state index contributed by atoms with van der Waals surface area (Å²) in [6.07, 6.45) is 1.85. The van der Waals surface area contributed by atoms with Gasteiger partial charge in [-0.2, -0.15) is 0 Å². The van der Waals surface area contributed by atoms with E-state index in [9.17, 15) is 13.6 Å². The molecule has 0 fully saturated rings. The lowest BCUT2D eigenvalue weighted by Crippen LogP contribution is -2.02. The van der Waals surface area contributed by atoms with Crippen LogP contribution in [0.4, 0.5) is 8.78 Å². The number of rotatable bonds is 5. The lowest BCUT2D eigenvalue weighted by atomic mass is 10.2. The number of carboxylic acids is 1. The molecule has 21 heavy (non-hydrogen) atoms. The van der Waals surface area contributed by atoms with Crippen LogP contribution < -0.4 is 4.74 Å². The van der Waals surface area contributed by atoms with Gasteiger partial charge in [-0.1, -0.05) is 10.3 Å². The largest absolute Gasteiger partial charge is 0.481 e. The van der Waals surface area contributed by atoms with Crippen molar-refractivity contribution in [1.82, 2.24) is 10.3 Å². The molecule has 1 aromatic carbocycles. The molecule has 0 atom stereocenters. The Labute approximate surface area is 117 Å². The van der Waals surface area contributed by atoms with Crippen molar-refractivity contribution in [3.8, 4) is 5.75 Å². The molecule has 1 aromatic heterocycles. The second kappa shape index (κ2) is 6.12. The van der Waals surface area contributed by atoms with Crippen LogP contribution in [-0.2, 0) is 11.4 Å². The van der Waals surface area contributed by atoms with Crippen molar-refractivity contribution in [2.24, 2.45) is 0 Å². The van der Waals surface area contributed by atoms with Crippen LogP contribution in [0.2, 0.25) is 0 Å². The first kappa shape index (κ1) is 14.6. The van der Waals surface area contributed by atoms with Gasteiger partial charge < -0.3 is 9.84 Å². The molecule has 2 rings (SSSR count). The number of aromatic nitrogens is 2. The Morgan fingerprint density at radius 3 is 2.57 bits per heavy atom. The summed E-state index contributed by atoms with van der Waals surface area (Å²) in [5.74, 6) is -3.70. The van der Waals surface area contributed by atoms with Crippen molar-refractivity contribution in [3.05, 3.63) is 46.8 Å². The second-order valence-electron chi connectivity index (χ2n) is 4.07. The maximum atomic E-state index is 13.8. The van der Waals surface area contributed by atoms with Crippen molar-refractivity contribution in [2.45, 2.75) is 13.5 Å². The molecule has 2 aromatic rings. The number of nitrogens with zero attached hydrogens (tertiary/aromatic N) is 2. The summed E-state index contributed by atoms with van der Waals surface area (Å²) < 4.78 is 37.0. The molecule has 0 spiro atoms. The van der Waals surface area contributed by atoms with E-state index < -0.39 is 23.4 Å². The molecule has 0 aliphatic heterocycles. The van der Waals surface area contributed by atoms with Gasteiger partial charge >= 0.3 is 5.97 Å². The molecule has 1 N–H and O–H groups in total. The molecular weight excluding hydrogens is 286 g/mol. The number of benzene rings is 1. The molecule has 0 saturated carbocycles. The zero-order valence-corrected chi connectivity index (χ0v) is 10.8. The van der Waals surface area contributed by atoms with Crippen LogP contribution in [0.25, 0.3) is 6.08 Å². The van der Waals surface area contributed by atoms with Crippen LogP contribution in [-0.4, -0.2) is 21.4 Å². The van der Waals surface area contributed by atoms with Crippen molar-refractivity contribution < 1.29 is 28.0 Å². The van der Waals surface area contributed by atoms with E-state index in [1.807, 2.05) is 0 Å². The molecule has 0 aliphatic rings. The quantitative estimate of drug-likeness (QED) is 0.852. The summed E-state index contributed by atoms with van der Waals surface area (Å²) in [6.45, 7) is 1.41. The Bertz CT molecular complexity index is 674. The third kappa shape index (κ3) is 3.62. The number of aliphatic carboxylic acids is 1. The number of hydrogen-bond acceptors (Lipinski definition) is 5. The normalized spacial score (nSPS) is 11.0. The van der Waals surface area contributed by atoms with Gasteiger partial charge in [-0.25, -0.2) is 18.2 Å². The molecule has 6 nitrogen and oxygen atoms in total. The van der Waals surface area contributed by atoms with E-state index in [4.69, 9.17) is 9.84 Å². The average Bonchev–Trinajstić information content (AvgIpc) is 2.81. The van der Waals surface area contributed by atoms with E-state index in [1.54, 1.807) is 6.92 Å². The highest BCUT2D eigenvalue weighted by Gasteiger charge is 2.14. The Hall–Kier alpha value is -2.77. The fraction of sp³-hybridized carbons (Fsp3) is 0.154. The zero-order valence-electron chi connectivity index (χ0n) is 10.8. The number of carbonyl (C=O) groups is 1. The van der Waals surface area contributed by atoms with E-state index in [1.165, 1.54) is 0 Å². The molecule has 0 radical (unpaired) electrons. The summed E-state index contributed by atoms with van der Waals surface area (Å²) >= 11 is 0. The van der Waals surface area contributed by atoms with Gasteiger partial charge in [-0.3, -0.25) is 0 Å². The van der Waals surface area contributed by atoms with E-state index >= 15 is 0 Å². The molecule has 0 amide bonds. The minimum atomic E-state index is -1.22. The molecule has 1 heterocycles. The van der Waals surface area contributed by atoms with E-state index in [2.05, 4.69) is 14.9 Å². The molecule has 0 bridgehead atoms.